The van der Waals surface area contributed by atoms with Gasteiger partial charge in [-0.3, -0.25) is 4.79 Å². The molecule has 1 aromatic rings. The standard InChI is InChI=1S/C12H15Br2NO2S/c1-8-6-9(18-10(8)14)11(16)15-12(7-13)2-4-17-5-3-12/h6H,2-5,7H2,1H3,(H,15,16). The highest BCUT2D eigenvalue weighted by atomic mass is 79.9. The molecule has 18 heavy (non-hydrogen) atoms. The van der Waals surface area contributed by atoms with Crippen LogP contribution in [0.1, 0.15) is 28.1 Å². The van der Waals surface area contributed by atoms with E-state index in [0.29, 0.717) is 13.2 Å². The Morgan fingerprint density at radius 2 is 2.22 bits per heavy atom. The van der Waals surface area contributed by atoms with Crippen molar-refractivity contribution in [3.8, 4) is 0 Å². The van der Waals surface area contributed by atoms with Crippen LogP contribution in [0.2, 0.25) is 0 Å². The highest BCUT2D eigenvalue weighted by Gasteiger charge is 2.33. The maximum atomic E-state index is 12.3. The minimum absolute atomic E-state index is 0.00940. The van der Waals surface area contributed by atoms with E-state index in [0.717, 1.165) is 32.4 Å². The minimum Gasteiger partial charge on any atom is -0.381 e. The number of carbonyl (C=O) groups excluding carboxylic acids is 1. The van der Waals surface area contributed by atoms with Gasteiger partial charge in [0.05, 0.1) is 14.2 Å². The molecule has 0 radical (unpaired) electrons. The molecule has 1 aliphatic rings. The molecule has 1 N–H and O–H groups in total. The zero-order chi connectivity index (χ0) is 13.2. The lowest BCUT2D eigenvalue weighted by atomic mass is 9.92. The van der Waals surface area contributed by atoms with Crippen LogP contribution >= 0.6 is 43.2 Å². The molecule has 0 spiro atoms. The van der Waals surface area contributed by atoms with Gasteiger partial charge in [-0.05, 0) is 47.3 Å². The third kappa shape index (κ3) is 3.15. The monoisotopic (exact) mass is 395 g/mol. The molecule has 1 aromatic heterocycles. The molecule has 100 valence electrons. The van der Waals surface area contributed by atoms with E-state index in [1.54, 1.807) is 0 Å². The van der Waals surface area contributed by atoms with Gasteiger partial charge in [-0.15, -0.1) is 11.3 Å². The van der Waals surface area contributed by atoms with Crippen molar-refractivity contribution < 1.29 is 9.53 Å². The topological polar surface area (TPSA) is 38.3 Å². The quantitative estimate of drug-likeness (QED) is 0.794. The van der Waals surface area contributed by atoms with Gasteiger partial charge in [0.15, 0.2) is 0 Å². The van der Waals surface area contributed by atoms with Crippen molar-refractivity contribution in [1.82, 2.24) is 5.32 Å². The molecule has 2 rings (SSSR count). The molecule has 0 unspecified atom stereocenters. The van der Waals surface area contributed by atoms with Crippen LogP contribution in [0.15, 0.2) is 9.85 Å². The molecule has 0 saturated carbocycles. The van der Waals surface area contributed by atoms with Gasteiger partial charge >= 0.3 is 0 Å². The van der Waals surface area contributed by atoms with Gasteiger partial charge < -0.3 is 10.1 Å². The Hall–Kier alpha value is 0.0900. The molecule has 0 aromatic carbocycles. The molecule has 2 heterocycles. The SMILES string of the molecule is Cc1cc(C(=O)NC2(CBr)CCOCC2)sc1Br. The largest absolute Gasteiger partial charge is 0.381 e. The summed E-state index contributed by atoms with van der Waals surface area (Å²) in [5.41, 5.74) is 0.935. The van der Waals surface area contributed by atoms with Crippen molar-refractivity contribution in [3.05, 3.63) is 20.3 Å². The van der Waals surface area contributed by atoms with Gasteiger partial charge in [-0.2, -0.15) is 0 Å². The fourth-order valence-corrected chi connectivity index (χ4v) is 4.06. The summed E-state index contributed by atoms with van der Waals surface area (Å²) in [7, 11) is 0. The maximum absolute atomic E-state index is 12.3. The Morgan fingerprint density at radius 1 is 1.56 bits per heavy atom. The number of alkyl halides is 1. The van der Waals surface area contributed by atoms with Crippen LogP contribution in [0.3, 0.4) is 0 Å². The Kier molecular flexibility index (Phi) is 4.86. The lowest BCUT2D eigenvalue weighted by molar-refractivity contribution is 0.0443. The van der Waals surface area contributed by atoms with Gasteiger partial charge in [0.2, 0.25) is 0 Å². The molecular formula is C12H15Br2NO2S. The third-order valence-electron chi connectivity index (χ3n) is 3.17. The molecule has 1 saturated heterocycles. The number of thiophene rings is 1. The predicted octanol–water partition coefficient (Wildman–Crippen LogP) is 3.49. The van der Waals surface area contributed by atoms with E-state index in [9.17, 15) is 4.79 Å². The first-order chi connectivity index (χ1) is 8.56. The van der Waals surface area contributed by atoms with Gasteiger partial charge in [0.25, 0.3) is 5.91 Å². The average molecular weight is 397 g/mol. The smallest absolute Gasteiger partial charge is 0.261 e. The van der Waals surface area contributed by atoms with Gasteiger partial charge in [0, 0.05) is 18.5 Å². The first-order valence-corrected chi connectivity index (χ1v) is 8.51. The van der Waals surface area contributed by atoms with E-state index in [2.05, 4.69) is 37.2 Å². The number of rotatable bonds is 3. The van der Waals surface area contributed by atoms with E-state index in [-0.39, 0.29) is 11.4 Å². The number of ether oxygens (including phenoxy) is 1. The zero-order valence-electron chi connectivity index (χ0n) is 10.1. The van der Waals surface area contributed by atoms with Gasteiger partial charge in [-0.1, -0.05) is 15.9 Å². The Morgan fingerprint density at radius 3 is 2.72 bits per heavy atom. The Balaban J connectivity index is 2.09. The van der Waals surface area contributed by atoms with Crippen LogP contribution in [0.25, 0.3) is 0 Å². The summed E-state index contributed by atoms with van der Waals surface area (Å²) in [6.45, 7) is 3.41. The fourth-order valence-electron chi connectivity index (χ4n) is 1.93. The van der Waals surface area contributed by atoms with E-state index in [4.69, 9.17) is 4.74 Å². The maximum Gasteiger partial charge on any atom is 0.261 e. The number of aryl methyl sites for hydroxylation is 1. The molecule has 6 heteroatoms. The molecule has 1 fully saturated rings. The minimum atomic E-state index is -0.167. The van der Waals surface area contributed by atoms with E-state index in [1.807, 2.05) is 13.0 Å². The van der Waals surface area contributed by atoms with Crippen LogP contribution in [-0.2, 0) is 4.74 Å². The summed E-state index contributed by atoms with van der Waals surface area (Å²) in [5.74, 6) is 0.00940. The molecule has 3 nitrogen and oxygen atoms in total. The predicted molar refractivity (Wildman–Crippen MR) is 80.8 cm³/mol. The van der Waals surface area contributed by atoms with Crippen LogP contribution < -0.4 is 5.32 Å². The fraction of sp³-hybridized carbons (Fsp3) is 0.583. The summed E-state index contributed by atoms with van der Waals surface area (Å²) in [5, 5.41) is 3.93. The lowest BCUT2D eigenvalue weighted by Gasteiger charge is -2.36. The first-order valence-electron chi connectivity index (χ1n) is 5.78. The number of halogens is 2. The van der Waals surface area contributed by atoms with E-state index < -0.39 is 0 Å². The number of hydrogen-bond acceptors (Lipinski definition) is 3. The Bertz CT molecular complexity index is 422. The number of hydrogen-bond donors (Lipinski definition) is 1. The zero-order valence-corrected chi connectivity index (χ0v) is 14.1. The summed E-state index contributed by atoms with van der Waals surface area (Å²) in [6, 6.07) is 1.92. The lowest BCUT2D eigenvalue weighted by Crippen LogP contribution is -2.53. The van der Waals surface area contributed by atoms with Crippen molar-refractivity contribution in [2.75, 3.05) is 18.5 Å². The highest BCUT2D eigenvalue weighted by molar-refractivity contribution is 9.11. The summed E-state index contributed by atoms with van der Waals surface area (Å²) < 4.78 is 6.38. The van der Waals surface area contributed by atoms with Crippen molar-refractivity contribution in [1.29, 1.82) is 0 Å². The number of nitrogens with one attached hydrogen (secondary N) is 1. The van der Waals surface area contributed by atoms with Gasteiger partial charge in [0.1, 0.15) is 0 Å². The third-order valence-corrected chi connectivity index (χ3v) is 6.37. The summed E-state index contributed by atoms with van der Waals surface area (Å²) in [4.78, 5) is 13.0. The average Bonchev–Trinajstić information content (AvgIpc) is 2.71. The van der Waals surface area contributed by atoms with Crippen LogP contribution in [0, 0.1) is 6.92 Å². The number of carbonyl (C=O) groups is 1. The number of amides is 1. The van der Waals surface area contributed by atoms with Crippen molar-refractivity contribution >= 4 is 49.1 Å². The van der Waals surface area contributed by atoms with E-state index >= 15 is 0 Å². The summed E-state index contributed by atoms with van der Waals surface area (Å²) in [6.07, 6.45) is 1.71. The van der Waals surface area contributed by atoms with Crippen LogP contribution in [0.5, 0.6) is 0 Å². The first kappa shape index (κ1) is 14.5. The van der Waals surface area contributed by atoms with E-state index in [1.165, 1.54) is 11.3 Å². The second-order valence-electron chi connectivity index (χ2n) is 4.55. The summed E-state index contributed by atoms with van der Waals surface area (Å²) >= 11 is 8.44. The second kappa shape index (κ2) is 6.03. The van der Waals surface area contributed by atoms with Gasteiger partial charge in [-0.25, -0.2) is 0 Å². The van der Waals surface area contributed by atoms with Crippen LogP contribution in [-0.4, -0.2) is 30.0 Å². The Labute approximate surface area is 128 Å². The highest BCUT2D eigenvalue weighted by Crippen LogP contribution is 2.29. The molecule has 0 aliphatic carbocycles. The molecule has 0 atom stereocenters. The van der Waals surface area contributed by atoms with Crippen molar-refractivity contribution in [2.45, 2.75) is 25.3 Å². The van der Waals surface area contributed by atoms with Crippen molar-refractivity contribution in [2.24, 2.45) is 0 Å². The van der Waals surface area contributed by atoms with Crippen LogP contribution in [0.4, 0.5) is 0 Å². The van der Waals surface area contributed by atoms with Crippen molar-refractivity contribution in [3.63, 3.8) is 0 Å². The second-order valence-corrected chi connectivity index (χ2v) is 7.48. The molecule has 0 bridgehead atoms. The molecule has 1 amide bonds. The normalized spacial score (nSPS) is 18.6. The molecular weight excluding hydrogens is 382 g/mol. The molecule has 1 aliphatic heterocycles.